The van der Waals surface area contributed by atoms with Crippen LogP contribution in [0.4, 0.5) is 5.69 Å². The van der Waals surface area contributed by atoms with Gasteiger partial charge in [0.15, 0.2) is 0 Å². The summed E-state index contributed by atoms with van der Waals surface area (Å²) in [5.74, 6) is -0.252. The molecule has 0 heterocycles. The predicted octanol–water partition coefficient (Wildman–Crippen LogP) is 2.54. The Morgan fingerprint density at radius 2 is 1.82 bits per heavy atom. The zero-order chi connectivity index (χ0) is 16.8. The van der Waals surface area contributed by atoms with Crippen LogP contribution in [-0.2, 0) is 14.8 Å². The normalized spacial score (nSPS) is 14.2. The summed E-state index contributed by atoms with van der Waals surface area (Å²) in [7, 11) is -3.55. The molecule has 1 N–H and O–H groups in total. The highest BCUT2D eigenvalue weighted by atomic mass is 32.2. The van der Waals surface area contributed by atoms with E-state index in [9.17, 15) is 13.2 Å². The molecule has 124 valence electrons. The summed E-state index contributed by atoms with van der Waals surface area (Å²) in [4.78, 5) is 12.5. The number of hydrogen-bond donors (Lipinski definition) is 1. The summed E-state index contributed by atoms with van der Waals surface area (Å²) in [6.07, 6.45) is 3.37. The summed E-state index contributed by atoms with van der Waals surface area (Å²) >= 11 is 0. The van der Waals surface area contributed by atoms with Crippen LogP contribution < -0.4 is 9.62 Å². The number of benzene rings is 1. The van der Waals surface area contributed by atoms with Crippen molar-refractivity contribution in [1.29, 1.82) is 0 Å². The lowest BCUT2D eigenvalue weighted by Gasteiger charge is -2.31. The van der Waals surface area contributed by atoms with Crippen molar-refractivity contribution in [3.8, 4) is 0 Å². The number of rotatable bonds is 8. The first-order chi connectivity index (χ1) is 10.3. The summed E-state index contributed by atoms with van der Waals surface area (Å²) in [5.41, 5.74) is 0.509. The molecule has 22 heavy (non-hydrogen) atoms. The van der Waals surface area contributed by atoms with Gasteiger partial charge in [0, 0.05) is 6.04 Å². The third kappa shape index (κ3) is 5.02. The second kappa shape index (κ2) is 8.17. The predicted molar refractivity (Wildman–Crippen MR) is 90.4 cm³/mol. The molecule has 1 amide bonds. The van der Waals surface area contributed by atoms with Crippen LogP contribution >= 0.6 is 0 Å². The maximum Gasteiger partial charge on any atom is 0.244 e. The van der Waals surface area contributed by atoms with E-state index in [-0.39, 0.29) is 11.9 Å². The van der Waals surface area contributed by atoms with Crippen LogP contribution in [0.5, 0.6) is 0 Å². The molecule has 0 radical (unpaired) electrons. The average Bonchev–Trinajstić information content (AvgIpc) is 2.44. The minimum absolute atomic E-state index is 0.0312. The zero-order valence-electron chi connectivity index (χ0n) is 13.7. The van der Waals surface area contributed by atoms with Gasteiger partial charge in [-0.1, -0.05) is 38.5 Å². The maximum absolute atomic E-state index is 12.5. The Morgan fingerprint density at radius 1 is 1.23 bits per heavy atom. The Kier molecular flexibility index (Phi) is 6.87. The molecule has 1 rings (SSSR count). The Balaban J connectivity index is 3.08. The summed E-state index contributed by atoms with van der Waals surface area (Å²) in [6, 6.07) is 8.03. The average molecular weight is 326 g/mol. The van der Waals surface area contributed by atoms with Crippen molar-refractivity contribution in [2.75, 3.05) is 10.6 Å². The second-order valence-electron chi connectivity index (χ2n) is 5.52. The van der Waals surface area contributed by atoms with E-state index in [0.29, 0.717) is 12.1 Å². The molecule has 0 aliphatic heterocycles. The monoisotopic (exact) mass is 326 g/mol. The fraction of sp³-hybridized carbons (Fsp3) is 0.562. The Bertz CT molecular complexity index is 572. The van der Waals surface area contributed by atoms with Crippen LogP contribution in [0, 0.1) is 0 Å². The molecule has 0 aromatic heterocycles. The van der Waals surface area contributed by atoms with E-state index < -0.39 is 16.1 Å². The van der Waals surface area contributed by atoms with Crippen molar-refractivity contribution in [3.05, 3.63) is 30.3 Å². The Hall–Kier alpha value is -1.56. The summed E-state index contributed by atoms with van der Waals surface area (Å²) in [6.45, 7) is 5.80. The second-order valence-corrected chi connectivity index (χ2v) is 7.38. The molecule has 0 aliphatic rings. The molecule has 0 aliphatic carbocycles. The smallest absolute Gasteiger partial charge is 0.244 e. The molecule has 5 nitrogen and oxygen atoms in total. The molecule has 0 spiro atoms. The van der Waals surface area contributed by atoms with Gasteiger partial charge in [0.25, 0.3) is 0 Å². The van der Waals surface area contributed by atoms with Crippen LogP contribution in [0.3, 0.4) is 0 Å². The van der Waals surface area contributed by atoms with Crippen LogP contribution in [0.1, 0.15) is 40.0 Å². The molecule has 2 atom stereocenters. The number of carbonyl (C=O) groups is 1. The van der Waals surface area contributed by atoms with Crippen LogP contribution in [0.25, 0.3) is 0 Å². The lowest BCUT2D eigenvalue weighted by atomic mass is 10.1. The van der Waals surface area contributed by atoms with Crippen LogP contribution in [-0.4, -0.2) is 32.7 Å². The third-order valence-electron chi connectivity index (χ3n) is 3.45. The number of nitrogens with zero attached hydrogens (tertiary/aromatic N) is 1. The number of sulfonamides is 1. The standard InChI is InChI=1S/C16H26N2O3S/c1-5-10-13(3)17-16(19)15(6-2)18(22(4,20)21)14-11-8-7-9-12-14/h7-9,11-13,15H,5-6,10H2,1-4H3,(H,17,19)/t13-,15+/m0/s1. The van der Waals surface area contributed by atoms with Gasteiger partial charge in [0.2, 0.25) is 15.9 Å². The van der Waals surface area contributed by atoms with Crippen molar-refractivity contribution in [2.45, 2.75) is 52.1 Å². The minimum Gasteiger partial charge on any atom is -0.352 e. The summed E-state index contributed by atoms with van der Waals surface area (Å²) in [5, 5.41) is 2.91. The quantitative estimate of drug-likeness (QED) is 0.798. The minimum atomic E-state index is -3.55. The lowest BCUT2D eigenvalue weighted by Crippen LogP contribution is -2.51. The van der Waals surface area contributed by atoms with Gasteiger partial charge in [0.05, 0.1) is 11.9 Å². The van der Waals surface area contributed by atoms with E-state index in [1.54, 1.807) is 24.3 Å². The molecule has 0 unspecified atom stereocenters. The lowest BCUT2D eigenvalue weighted by molar-refractivity contribution is -0.122. The fourth-order valence-corrected chi connectivity index (χ4v) is 3.69. The van der Waals surface area contributed by atoms with E-state index in [2.05, 4.69) is 5.32 Å². The Labute approximate surface area is 133 Å². The van der Waals surface area contributed by atoms with E-state index in [1.165, 1.54) is 4.31 Å². The Morgan fingerprint density at radius 3 is 2.27 bits per heavy atom. The van der Waals surface area contributed by atoms with Gasteiger partial charge >= 0.3 is 0 Å². The van der Waals surface area contributed by atoms with Crippen molar-refractivity contribution in [3.63, 3.8) is 0 Å². The number of anilines is 1. The highest BCUT2D eigenvalue weighted by Crippen LogP contribution is 2.22. The van der Waals surface area contributed by atoms with E-state index in [4.69, 9.17) is 0 Å². The number of amides is 1. The van der Waals surface area contributed by atoms with Gasteiger partial charge in [-0.25, -0.2) is 8.42 Å². The first-order valence-electron chi connectivity index (χ1n) is 7.66. The maximum atomic E-state index is 12.5. The number of carbonyl (C=O) groups excluding carboxylic acids is 1. The third-order valence-corrected chi connectivity index (χ3v) is 4.63. The fourth-order valence-electron chi connectivity index (χ4n) is 2.48. The van der Waals surface area contributed by atoms with E-state index in [1.807, 2.05) is 26.8 Å². The van der Waals surface area contributed by atoms with Gasteiger partial charge in [-0.3, -0.25) is 9.10 Å². The number of nitrogens with one attached hydrogen (secondary N) is 1. The SMILES string of the molecule is CCC[C@H](C)NC(=O)[C@@H](CC)N(c1ccccc1)S(C)(=O)=O. The first kappa shape index (κ1) is 18.5. The largest absolute Gasteiger partial charge is 0.352 e. The molecular weight excluding hydrogens is 300 g/mol. The number of para-hydroxylation sites is 1. The van der Waals surface area contributed by atoms with Crippen LogP contribution in [0.15, 0.2) is 30.3 Å². The van der Waals surface area contributed by atoms with Crippen LogP contribution in [0.2, 0.25) is 0 Å². The van der Waals surface area contributed by atoms with Gasteiger partial charge < -0.3 is 5.32 Å². The van der Waals surface area contributed by atoms with Crippen molar-refractivity contribution in [1.82, 2.24) is 5.32 Å². The van der Waals surface area contributed by atoms with Gasteiger partial charge in [-0.15, -0.1) is 0 Å². The van der Waals surface area contributed by atoms with Crippen molar-refractivity contribution in [2.24, 2.45) is 0 Å². The summed E-state index contributed by atoms with van der Waals surface area (Å²) < 4.78 is 25.6. The molecule has 1 aromatic rings. The van der Waals surface area contributed by atoms with Crippen molar-refractivity contribution < 1.29 is 13.2 Å². The molecule has 0 saturated carbocycles. The molecule has 1 aromatic carbocycles. The highest BCUT2D eigenvalue weighted by molar-refractivity contribution is 7.92. The molecule has 0 fully saturated rings. The van der Waals surface area contributed by atoms with E-state index >= 15 is 0 Å². The topological polar surface area (TPSA) is 66.5 Å². The molecule has 0 bridgehead atoms. The molecule has 6 heteroatoms. The van der Waals surface area contributed by atoms with Gasteiger partial charge in [-0.05, 0) is 31.9 Å². The van der Waals surface area contributed by atoms with Gasteiger partial charge in [0.1, 0.15) is 6.04 Å². The van der Waals surface area contributed by atoms with E-state index in [0.717, 1.165) is 19.1 Å². The molecule has 0 saturated heterocycles. The van der Waals surface area contributed by atoms with Gasteiger partial charge in [-0.2, -0.15) is 0 Å². The highest BCUT2D eigenvalue weighted by Gasteiger charge is 2.31. The number of hydrogen-bond acceptors (Lipinski definition) is 3. The molecular formula is C16H26N2O3S. The first-order valence-corrected chi connectivity index (χ1v) is 9.50. The van der Waals surface area contributed by atoms with Crippen molar-refractivity contribution >= 4 is 21.6 Å². The zero-order valence-corrected chi connectivity index (χ0v) is 14.6.